The fraction of sp³-hybridized carbons (Fsp3) is 0.267. The fourth-order valence-corrected chi connectivity index (χ4v) is 2.64. The van der Waals surface area contributed by atoms with E-state index in [9.17, 15) is 0 Å². The van der Waals surface area contributed by atoms with Gasteiger partial charge >= 0.3 is 0 Å². The Labute approximate surface area is 123 Å². The van der Waals surface area contributed by atoms with E-state index >= 15 is 0 Å². The normalized spacial score (nSPS) is 12.2. The number of hydrogen-bond acceptors (Lipinski definition) is 3. The lowest BCUT2D eigenvalue weighted by Crippen LogP contribution is -2.37. The molecule has 0 fully saturated rings. The number of guanidine groups is 1. The Bertz CT molecular complexity index is 547. The molecular weight excluding hydrogens is 268 g/mol. The van der Waals surface area contributed by atoms with Crippen LogP contribution in [0.2, 0.25) is 0 Å². The Balaban J connectivity index is 2.04. The minimum absolute atomic E-state index is 0.00532. The summed E-state index contributed by atoms with van der Waals surface area (Å²) in [6.45, 7) is 5.02. The van der Waals surface area contributed by atoms with Crippen LogP contribution in [0.3, 0.4) is 0 Å². The Morgan fingerprint density at radius 2 is 1.95 bits per heavy atom. The van der Waals surface area contributed by atoms with Gasteiger partial charge in [0.15, 0.2) is 0 Å². The monoisotopic (exact) mass is 288 g/mol. The standard InChI is InChI=1S/C15H20N4S/c1-15(2,13-9-6-10-20-13)11-17-14(19-16)18-12-7-4-3-5-8-12/h3-10H,11,16H2,1-2H3,(H2,17,18,19). The number of aliphatic imine (C=N–C) groups is 1. The van der Waals surface area contributed by atoms with E-state index in [4.69, 9.17) is 5.84 Å². The van der Waals surface area contributed by atoms with Crippen LogP contribution < -0.4 is 16.6 Å². The van der Waals surface area contributed by atoms with Crippen molar-refractivity contribution in [3.8, 4) is 0 Å². The van der Waals surface area contributed by atoms with Gasteiger partial charge in [-0.1, -0.05) is 38.1 Å². The molecule has 0 aliphatic heterocycles. The minimum Gasteiger partial charge on any atom is -0.325 e. The third-order valence-corrected chi connectivity index (χ3v) is 4.23. The van der Waals surface area contributed by atoms with Crippen LogP contribution in [0.15, 0.2) is 52.8 Å². The van der Waals surface area contributed by atoms with Crippen molar-refractivity contribution in [1.29, 1.82) is 0 Å². The second-order valence-corrected chi connectivity index (χ2v) is 6.11. The van der Waals surface area contributed by atoms with Gasteiger partial charge < -0.3 is 5.32 Å². The molecule has 0 amide bonds. The van der Waals surface area contributed by atoms with Crippen LogP contribution in [-0.4, -0.2) is 12.5 Å². The average molecular weight is 288 g/mol. The molecule has 0 aliphatic carbocycles. The van der Waals surface area contributed by atoms with Gasteiger partial charge in [0, 0.05) is 16.0 Å². The summed E-state index contributed by atoms with van der Waals surface area (Å²) >= 11 is 1.75. The summed E-state index contributed by atoms with van der Waals surface area (Å²) in [5.74, 6) is 6.10. The van der Waals surface area contributed by atoms with Gasteiger partial charge in [0.1, 0.15) is 0 Å². The molecule has 4 nitrogen and oxygen atoms in total. The Hall–Kier alpha value is -1.85. The molecule has 20 heavy (non-hydrogen) atoms. The summed E-state index contributed by atoms with van der Waals surface area (Å²) in [6.07, 6.45) is 0. The van der Waals surface area contributed by atoms with Gasteiger partial charge in [0.25, 0.3) is 0 Å². The highest BCUT2D eigenvalue weighted by Gasteiger charge is 2.21. The first-order valence-corrected chi connectivity index (χ1v) is 7.37. The number of benzene rings is 1. The molecule has 4 N–H and O–H groups in total. The topological polar surface area (TPSA) is 62.4 Å². The van der Waals surface area contributed by atoms with Gasteiger partial charge in [0.2, 0.25) is 5.96 Å². The van der Waals surface area contributed by atoms with Crippen LogP contribution in [0.1, 0.15) is 18.7 Å². The van der Waals surface area contributed by atoms with E-state index < -0.39 is 0 Å². The van der Waals surface area contributed by atoms with E-state index in [0.29, 0.717) is 12.5 Å². The summed E-state index contributed by atoms with van der Waals surface area (Å²) in [5.41, 5.74) is 3.56. The number of hydrogen-bond donors (Lipinski definition) is 3. The first kappa shape index (κ1) is 14.6. The lowest BCUT2D eigenvalue weighted by atomic mass is 9.92. The molecule has 106 valence electrons. The van der Waals surface area contributed by atoms with Crippen molar-refractivity contribution in [2.24, 2.45) is 10.8 Å². The zero-order valence-corrected chi connectivity index (χ0v) is 12.6. The number of thiophene rings is 1. The summed E-state index contributed by atoms with van der Waals surface area (Å²) in [6, 6.07) is 14.0. The van der Waals surface area contributed by atoms with E-state index in [1.165, 1.54) is 4.88 Å². The predicted octanol–water partition coefficient (Wildman–Crippen LogP) is 2.96. The number of rotatable bonds is 4. The Kier molecular flexibility index (Phi) is 4.76. The van der Waals surface area contributed by atoms with Gasteiger partial charge in [-0.25, -0.2) is 5.84 Å². The number of nitrogens with one attached hydrogen (secondary N) is 2. The zero-order chi connectivity index (χ0) is 14.4. The quantitative estimate of drug-likeness (QED) is 0.351. The first-order valence-electron chi connectivity index (χ1n) is 6.49. The molecule has 0 bridgehead atoms. The summed E-state index contributed by atoms with van der Waals surface area (Å²) in [5, 5.41) is 5.25. The highest BCUT2D eigenvalue weighted by molar-refractivity contribution is 7.10. The van der Waals surface area contributed by atoms with E-state index in [1.54, 1.807) is 11.3 Å². The average Bonchev–Trinajstić information content (AvgIpc) is 2.99. The molecule has 0 spiro atoms. The summed E-state index contributed by atoms with van der Waals surface area (Å²) in [4.78, 5) is 5.86. The Morgan fingerprint density at radius 1 is 1.20 bits per heavy atom. The number of para-hydroxylation sites is 1. The SMILES string of the molecule is CC(C)(CN=C(NN)Nc1ccccc1)c1cccs1. The van der Waals surface area contributed by atoms with Crippen molar-refractivity contribution < 1.29 is 0 Å². The second-order valence-electron chi connectivity index (χ2n) is 5.16. The Morgan fingerprint density at radius 3 is 2.55 bits per heavy atom. The maximum atomic E-state index is 5.53. The van der Waals surface area contributed by atoms with E-state index in [2.05, 4.69) is 47.1 Å². The van der Waals surface area contributed by atoms with Gasteiger partial charge in [-0.3, -0.25) is 10.4 Å². The van der Waals surface area contributed by atoms with Crippen molar-refractivity contribution in [2.45, 2.75) is 19.3 Å². The first-order chi connectivity index (χ1) is 9.62. The number of hydrazine groups is 1. The molecule has 0 radical (unpaired) electrons. The van der Waals surface area contributed by atoms with Crippen molar-refractivity contribution in [1.82, 2.24) is 5.43 Å². The van der Waals surface area contributed by atoms with Crippen LogP contribution in [0, 0.1) is 0 Å². The van der Waals surface area contributed by atoms with E-state index in [1.807, 2.05) is 30.3 Å². The van der Waals surface area contributed by atoms with Gasteiger partial charge in [-0.15, -0.1) is 11.3 Å². The third-order valence-electron chi connectivity index (χ3n) is 2.99. The lowest BCUT2D eigenvalue weighted by molar-refractivity contribution is 0.550. The highest BCUT2D eigenvalue weighted by atomic mass is 32.1. The molecule has 0 saturated heterocycles. The van der Waals surface area contributed by atoms with Gasteiger partial charge in [-0.05, 0) is 23.6 Å². The largest absolute Gasteiger partial charge is 0.325 e. The zero-order valence-electron chi connectivity index (χ0n) is 11.8. The third kappa shape index (κ3) is 3.82. The molecule has 1 aromatic heterocycles. The van der Waals surface area contributed by atoms with Crippen LogP contribution in [0.25, 0.3) is 0 Å². The summed E-state index contributed by atoms with van der Waals surface area (Å²) in [7, 11) is 0. The molecule has 0 unspecified atom stereocenters. The molecule has 5 heteroatoms. The summed E-state index contributed by atoms with van der Waals surface area (Å²) < 4.78 is 0. The maximum Gasteiger partial charge on any atom is 0.210 e. The number of anilines is 1. The van der Waals surface area contributed by atoms with Gasteiger partial charge in [-0.2, -0.15) is 0 Å². The molecule has 2 aromatic rings. The van der Waals surface area contributed by atoms with Gasteiger partial charge in [0.05, 0.1) is 6.54 Å². The lowest BCUT2D eigenvalue weighted by Gasteiger charge is -2.21. The molecular formula is C15H20N4S. The van der Waals surface area contributed by atoms with Crippen LogP contribution in [-0.2, 0) is 5.41 Å². The van der Waals surface area contributed by atoms with Crippen molar-refractivity contribution >= 4 is 23.0 Å². The number of nitrogens with two attached hydrogens (primary N) is 1. The van der Waals surface area contributed by atoms with Crippen LogP contribution in [0.4, 0.5) is 5.69 Å². The molecule has 0 saturated carbocycles. The molecule has 0 atom stereocenters. The van der Waals surface area contributed by atoms with Crippen molar-refractivity contribution in [2.75, 3.05) is 11.9 Å². The molecule has 1 heterocycles. The smallest absolute Gasteiger partial charge is 0.210 e. The van der Waals surface area contributed by atoms with Crippen LogP contribution in [0.5, 0.6) is 0 Å². The van der Waals surface area contributed by atoms with Crippen molar-refractivity contribution in [3.63, 3.8) is 0 Å². The molecule has 2 rings (SSSR count). The number of nitrogens with zero attached hydrogens (tertiary/aromatic N) is 1. The molecule has 0 aliphatic rings. The van der Waals surface area contributed by atoms with E-state index in [-0.39, 0.29) is 5.41 Å². The van der Waals surface area contributed by atoms with Crippen LogP contribution >= 0.6 is 11.3 Å². The van der Waals surface area contributed by atoms with E-state index in [0.717, 1.165) is 5.69 Å². The predicted molar refractivity (Wildman–Crippen MR) is 87.0 cm³/mol. The highest BCUT2D eigenvalue weighted by Crippen LogP contribution is 2.27. The second kappa shape index (κ2) is 6.54. The fourth-order valence-electron chi connectivity index (χ4n) is 1.80. The molecule has 1 aromatic carbocycles. The minimum atomic E-state index is -0.00532. The van der Waals surface area contributed by atoms with Crippen molar-refractivity contribution in [3.05, 3.63) is 52.7 Å². The maximum absolute atomic E-state index is 5.53.